The van der Waals surface area contributed by atoms with Gasteiger partial charge in [-0.05, 0) is 55.1 Å². The van der Waals surface area contributed by atoms with Crippen molar-refractivity contribution in [2.24, 2.45) is 11.7 Å². The molecule has 19 heavy (non-hydrogen) atoms. The average molecular weight is 262 g/mol. The first kappa shape index (κ1) is 14.4. The van der Waals surface area contributed by atoms with Gasteiger partial charge in [0.05, 0.1) is 7.11 Å². The van der Waals surface area contributed by atoms with Crippen LogP contribution in [0.4, 0.5) is 0 Å². The van der Waals surface area contributed by atoms with Gasteiger partial charge in [-0.3, -0.25) is 4.90 Å². The molecule has 0 bridgehead atoms. The van der Waals surface area contributed by atoms with Gasteiger partial charge in [-0.1, -0.05) is 19.9 Å². The molecule has 1 aromatic carbocycles. The van der Waals surface area contributed by atoms with Crippen molar-refractivity contribution in [3.63, 3.8) is 0 Å². The Morgan fingerprint density at radius 2 is 2.11 bits per heavy atom. The summed E-state index contributed by atoms with van der Waals surface area (Å²) in [7, 11) is 3.93. The maximum Gasteiger partial charge on any atom is 0.119 e. The van der Waals surface area contributed by atoms with Crippen LogP contribution in [-0.2, 0) is 0 Å². The van der Waals surface area contributed by atoms with E-state index < -0.39 is 0 Å². The minimum absolute atomic E-state index is 0.473. The van der Waals surface area contributed by atoms with Crippen molar-refractivity contribution in [2.75, 3.05) is 27.2 Å². The minimum Gasteiger partial charge on any atom is -0.497 e. The minimum atomic E-state index is 0.473. The van der Waals surface area contributed by atoms with Gasteiger partial charge in [0.25, 0.3) is 0 Å². The number of likely N-dealkylation sites (tertiary alicyclic amines) is 1. The summed E-state index contributed by atoms with van der Waals surface area (Å²) in [6.07, 6.45) is 1.15. The largest absolute Gasteiger partial charge is 0.497 e. The van der Waals surface area contributed by atoms with Gasteiger partial charge in [0.2, 0.25) is 0 Å². The molecular weight excluding hydrogens is 236 g/mol. The van der Waals surface area contributed by atoms with E-state index in [0.29, 0.717) is 17.9 Å². The fraction of sp³-hybridized carbons (Fsp3) is 0.625. The first-order valence-electron chi connectivity index (χ1n) is 7.14. The fourth-order valence-corrected chi connectivity index (χ4v) is 2.96. The van der Waals surface area contributed by atoms with E-state index in [1.54, 1.807) is 7.11 Å². The molecule has 0 spiro atoms. The van der Waals surface area contributed by atoms with Crippen LogP contribution >= 0.6 is 0 Å². The zero-order valence-electron chi connectivity index (χ0n) is 12.5. The molecule has 3 heteroatoms. The molecule has 0 aromatic heterocycles. The maximum absolute atomic E-state index is 5.82. The Bertz CT molecular complexity index is 431. The second kappa shape index (κ2) is 5.93. The fourth-order valence-electron chi connectivity index (χ4n) is 2.96. The molecule has 3 nitrogen and oxygen atoms in total. The van der Waals surface area contributed by atoms with Gasteiger partial charge in [-0.25, -0.2) is 0 Å². The number of nitrogens with two attached hydrogens (primary N) is 1. The van der Waals surface area contributed by atoms with Crippen molar-refractivity contribution >= 4 is 0 Å². The van der Waals surface area contributed by atoms with Gasteiger partial charge in [-0.2, -0.15) is 0 Å². The number of nitrogens with zero attached hydrogens (tertiary/aromatic N) is 1. The SMILES string of the molecule is COc1cc(C(C)C)cc(C2CC(CN)CN2C)c1. The molecule has 1 aromatic rings. The lowest BCUT2D eigenvalue weighted by atomic mass is 9.94. The third-order valence-corrected chi connectivity index (χ3v) is 4.21. The van der Waals surface area contributed by atoms with Crippen LogP contribution in [-0.4, -0.2) is 32.1 Å². The van der Waals surface area contributed by atoms with Gasteiger partial charge >= 0.3 is 0 Å². The third-order valence-electron chi connectivity index (χ3n) is 4.21. The second-order valence-electron chi connectivity index (χ2n) is 5.99. The summed E-state index contributed by atoms with van der Waals surface area (Å²) in [5, 5.41) is 0. The highest BCUT2D eigenvalue weighted by Gasteiger charge is 2.30. The van der Waals surface area contributed by atoms with Gasteiger partial charge in [-0.15, -0.1) is 0 Å². The Kier molecular flexibility index (Phi) is 4.48. The molecule has 2 atom stereocenters. The monoisotopic (exact) mass is 262 g/mol. The molecule has 1 saturated heterocycles. The molecule has 2 unspecified atom stereocenters. The van der Waals surface area contributed by atoms with Crippen LogP contribution in [0, 0.1) is 5.92 Å². The molecule has 2 N–H and O–H groups in total. The average Bonchev–Trinajstić information content (AvgIpc) is 2.79. The summed E-state index contributed by atoms with van der Waals surface area (Å²) in [6, 6.07) is 7.11. The highest BCUT2D eigenvalue weighted by atomic mass is 16.5. The zero-order chi connectivity index (χ0) is 14.0. The predicted molar refractivity (Wildman–Crippen MR) is 79.6 cm³/mol. The molecule has 0 saturated carbocycles. The smallest absolute Gasteiger partial charge is 0.119 e. The first-order valence-corrected chi connectivity index (χ1v) is 7.14. The molecular formula is C16H26N2O. The quantitative estimate of drug-likeness (QED) is 0.907. The van der Waals surface area contributed by atoms with E-state index in [1.165, 1.54) is 11.1 Å². The number of rotatable bonds is 4. The summed E-state index contributed by atoms with van der Waals surface area (Å²) in [4.78, 5) is 2.41. The molecule has 0 amide bonds. The molecule has 1 heterocycles. The molecule has 1 aliphatic heterocycles. The lowest BCUT2D eigenvalue weighted by Crippen LogP contribution is -2.20. The number of methoxy groups -OCH3 is 1. The third kappa shape index (κ3) is 3.10. The number of benzene rings is 1. The van der Waals surface area contributed by atoms with E-state index >= 15 is 0 Å². The Morgan fingerprint density at radius 3 is 2.63 bits per heavy atom. The van der Waals surface area contributed by atoms with Crippen molar-refractivity contribution < 1.29 is 4.74 Å². The van der Waals surface area contributed by atoms with Crippen molar-refractivity contribution in [3.8, 4) is 5.75 Å². The molecule has 0 radical (unpaired) electrons. The van der Waals surface area contributed by atoms with Gasteiger partial charge in [0.15, 0.2) is 0 Å². The summed E-state index contributed by atoms with van der Waals surface area (Å²) >= 11 is 0. The number of hydrogen-bond acceptors (Lipinski definition) is 3. The van der Waals surface area contributed by atoms with Crippen molar-refractivity contribution in [1.82, 2.24) is 4.90 Å². The summed E-state index contributed by atoms with van der Waals surface area (Å²) in [5.74, 6) is 2.10. The summed E-state index contributed by atoms with van der Waals surface area (Å²) in [6.45, 7) is 6.32. The molecule has 106 valence electrons. The van der Waals surface area contributed by atoms with E-state index in [-0.39, 0.29) is 0 Å². The summed E-state index contributed by atoms with van der Waals surface area (Å²) in [5.41, 5.74) is 8.53. The van der Waals surface area contributed by atoms with E-state index in [2.05, 4.69) is 44.0 Å². The Balaban J connectivity index is 2.31. The highest BCUT2D eigenvalue weighted by Crippen LogP contribution is 2.36. The predicted octanol–water partition coefficient (Wildman–Crippen LogP) is 2.77. The van der Waals surface area contributed by atoms with E-state index in [4.69, 9.17) is 10.5 Å². The zero-order valence-corrected chi connectivity index (χ0v) is 12.5. The van der Waals surface area contributed by atoms with Crippen molar-refractivity contribution in [2.45, 2.75) is 32.2 Å². The second-order valence-corrected chi connectivity index (χ2v) is 5.99. The number of hydrogen-bond donors (Lipinski definition) is 1. The normalized spacial score (nSPS) is 24.1. The standard InChI is InChI=1S/C16H26N2O/c1-11(2)13-6-14(8-15(7-13)19-4)16-5-12(9-17)10-18(16)3/h6-8,11-12,16H,5,9-10,17H2,1-4H3. The highest BCUT2D eigenvalue weighted by molar-refractivity contribution is 5.38. The van der Waals surface area contributed by atoms with Gasteiger partial charge in [0.1, 0.15) is 5.75 Å². The molecule has 2 rings (SSSR count). The van der Waals surface area contributed by atoms with Crippen LogP contribution in [0.25, 0.3) is 0 Å². The van der Waals surface area contributed by atoms with E-state index in [0.717, 1.165) is 25.3 Å². The number of ether oxygens (including phenoxy) is 1. The van der Waals surface area contributed by atoms with E-state index in [1.807, 2.05) is 0 Å². The van der Waals surface area contributed by atoms with Crippen LogP contribution < -0.4 is 10.5 Å². The van der Waals surface area contributed by atoms with Crippen LogP contribution in [0.3, 0.4) is 0 Å². The van der Waals surface area contributed by atoms with E-state index in [9.17, 15) is 0 Å². The van der Waals surface area contributed by atoms with Gasteiger partial charge in [0, 0.05) is 12.6 Å². The van der Waals surface area contributed by atoms with Crippen LogP contribution in [0.15, 0.2) is 18.2 Å². The van der Waals surface area contributed by atoms with Crippen LogP contribution in [0.5, 0.6) is 5.75 Å². The maximum atomic E-state index is 5.82. The first-order chi connectivity index (χ1) is 9.05. The van der Waals surface area contributed by atoms with Crippen molar-refractivity contribution in [1.29, 1.82) is 0 Å². The molecule has 1 aliphatic rings. The van der Waals surface area contributed by atoms with Crippen LogP contribution in [0.2, 0.25) is 0 Å². The molecule has 1 fully saturated rings. The summed E-state index contributed by atoms with van der Waals surface area (Å²) < 4.78 is 5.45. The van der Waals surface area contributed by atoms with Gasteiger partial charge < -0.3 is 10.5 Å². The van der Waals surface area contributed by atoms with Crippen molar-refractivity contribution in [3.05, 3.63) is 29.3 Å². The Labute approximate surface area is 116 Å². The van der Waals surface area contributed by atoms with Crippen LogP contribution in [0.1, 0.15) is 43.4 Å². The topological polar surface area (TPSA) is 38.5 Å². The lowest BCUT2D eigenvalue weighted by Gasteiger charge is -2.21. The lowest BCUT2D eigenvalue weighted by molar-refractivity contribution is 0.312. The Hall–Kier alpha value is -1.06. The Morgan fingerprint density at radius 1 is 1.37 bits per heavy atom. The molecule has 0 aliphatic carbocycles.